The SMILES string of the molecule is CCCc1c(N)noc1-c1ccc(Br)c(C(F)(F)F)c1. The van der Waals surface area contributed by atoms with Crippen LogP contribution in [0.15, 0.2) is 27.2 Å². The molecule has 0 atom stereocenters. The lowest BCUT2D eigenvalue weighted by Gasteiger charge is -2.10. The van der Waals surface area contributed by atoms with Crippen molar-refractivity contribution < 1.29 is 17.7 Å². The van der Waals surface area contributed by atoms with E-state index in [1.807, 2.05) is 6.92 Å². The number of anilines is 1. The monoisotopic (exact) mass is 348 g/mol. The minimum absolute atomic E-state index is 0.0155. The first kappa shape index (κ1) is 14.9. The van der Waals surface area contributed by atoms with Gasteiger partial charge in [-0.3, -0.25) is 0 Å². The zero-order chi connectivity index (χ0) is 14.9. The van der Waals surface area contributed by atoms with Crippen molar-refractivity contribution in [3.63, 3.8) is 0 Å². The molecule has 1 aromatic carbocycles. The summed E-state index contributed by atoms with van der Waals surface area (Å²) in [5, 5.41) is 3.64. The van der Waals surface area contributed by atoms with Crippen LogP contribution in [0.25, 0.3) is 11.3 Å². The number of hydrogen-bond donors (Lipinski definition) is 1. The summed E-state index contributed by atoms with van der Waals surface area (Å²) in [4.78, 5) is 0. The van der Waals surface area contributed by atoms with Gasteiger partial charge >= 0.3 is 6.18 Å². The summed E-state index contributed by atoms with van der Waals surface area (Å²) in [5.74, 6) is 0.515. The van der Waals surface area contributed by atoms with Gasteiger partial charge in [0.1, 0.15) is 0 Å². The highest BCUT2D eigenvalue weighted by Gasteiger charge is 2.33. The molecular weight excluding hydrogens is 337 g/mol. The zero-order valence-electron chi connectivity index (χ0n) is 10.6. The van der Waals surface area contributed by atoms with Gasteiger partial charge in [0.25, 0.3) is 0 Å². The van der Waals surface area contributed by atoms with E-state index in [1.54, 1.807) is 6.07 Å². The Balaban J connectivity index is 2.54. The molecule has 20 heavy (non-hydrogen) atoms. The van der Waals surface area contributed by atoms with Gasteiger partial charge in [-0.05, 0) is 24.6 Å². The Bertz CT molecular complexity index is 623. The van der Waals surface area contributed by atoms with E-state index in [-0.39, 0.29) is 10.3 Å². The lowest BCUT2D eigenvalue weighted by Crippen LogP contribution is -2.06. The summed E-state index contributed by atoms with van der Waals surface area (Å²) in [6.45, 7) is 1.94. The van der Waals surface area contributed by atoms with Crippen LogP contribution in [0.2, 0.25) is 0 Å². The summed E-state index contributed by atoms with van der Waals surface area (Å²) < 4.78 is 43.8. The fourth-order valence-corrected chi connectivity index (χ4v) is 2.40. The van der Waals surface area contributed by atoms with Crippen LogP contribution in [0.3, 0.4) is 0 Å². The Morgan fingerprint density at radius 1 is 1.35 bits per heavy atom. The van der Waals surface area contributed by atoms with Gasteiger partial charge in [-0.25, -0.2) is 0 Å². The molecule has 1 aromatic heterocycles. The Morgan fingerprint density at radius 3 is 2.65 bits per heavy atom. The van der Waals surface area contributed by atoms with Crippen LogP contribution in [-0.4, -0.2) is 5.16 Å². The maximum atomic E-state index is 12.9. The zero-order valence-corrected chi connectivity index (χ0v) is 12.2. The Kier molecular flexibility index (Phi) is 4.08. The van der Waals surface area contributed by atoms with Gasteiger partial charge in [0.05, 0.1) is 5.56 Å². The number of halogens is 4. The molecule has 0 aliphatic rings. The predicted octanol–water partition coefficient (Wildman–Crippen LogP) is 4.66. The van der Waals surface area contributed by atoms with E-state index >= 15 is 0 Å². The largest absolute Gasteiger partial charge is 0.417 e. The van der Waals surface area contributed by atoms with Crippen molar-refractivity contribution >= 4 is 21.7 Å². The number of alkyl halides is 3. The van der Waals surface area contributed by atoms with E-state index < -0.39 is 11.7 Å². The van der Waals surface area contributed by atoms with Crippen molar-refractivity contribution in [2.45, 2.75) is 25.9 Å². The molecule has 0 aliphatic heterocycles. The lowest BCUT2D eigenvalue weighted by molar-refractivity contribution is -0.138. The van der Waals surface area contributed by atoms with Crippen LogP contribution < -0.4 is 5.73 Å². The number of nitrogens with zero attached hydrogens (tertiary/aromatic N) is 1. The number of nitrogen functional groups attached to an aromatic ring is 1. The van der Waals surface area contributed by atoms with Crippen molar-refractivity contribution in [3.8, 4) is 11.3 Å². The van der Waals surface area contributed by atoms with E-state index in [9.17, 15) is 13.2 Å². The van der Waals surface area contributed by atoms with Crippen LogP contribution in [0.1, 0.15) is 24.5 Å². The van der Waals surface area contributed by atoms with Gasteiger partial charge in [-0.15, -0.1) is 0 Å². The van der Waals surface area contributed by atoms with Crippen molar-refractivity contribution in [2.75, 3.05) is 5.73 Å². The summed E-state index contributed by atoms with van der Waals surface area (Å²) in [5.41, 5.74) is 5.88. The first-order valence-electron chi connectivity index (χ1n) is 5.95. The van der Waals surface area contributed by atoms with Crippen molar-refractivity contribution in [1.82, 2.24) is 5.16 Å². The molecule has 0 radical (unpaired) electrons. The van der Waals surface area contributed by atoms with Crippen molar-refractivity contribution in [3.05, 3.63) is 33.8 Å². The molecule has 2 rings (SSSR count). The van der Waals surface area contributed by atoms with Gasteiger partial charge in [-0.1, -0.05) is 34.4 Å². The van der Waals surface area contributed by atoms with E-state index in [4.69, 9.17) is 10.3 Å². The molecule has 0 aliphatic carbocycles. The molecule has 7 heteroatoms. The Morgan fingerprint density at radius 2 is 2.05 bits per heavy atom. The summed E-state index contributed by atoms with van der Waals surface area (Å²) in [7, 11) is 0. The van der Waals surface area contributed by atoms with E-state index in [0.29, 0.717) is 23.3 Å². The highest BCUT2D eigenvalue weighted by atomic mass is 79.9. The van der Waals surface area contributed by atoms with E-state index in [2.05, 4.69) is 21.1 Å². The van der Waals surface area contributed by atoms with E-state index in [1.165, 1.54) is 6.07 Å². The highest BCUT2D eigenvalue weighted by molar-refractivity contribution is 9.10. The fourth-order valence-electron chi connectivity index (χ4n) is 1.92. The average Bonchev–Trinajstić information content (AvgIpc) is 2.71. The average molecular weight is 349 g/mol. The molecular formula is C13H12BrF3N2O. The molecule has 0 saturated heterocycles. The number of nitrogens with two attached hydrogens (primary N) is 1. The maximum absolute atomic E-state index is 12.9. The van der Waals surface area contributed by atoms with Gasteiger partial charge < -0.3 is 10.3 Å². The summed E-state index contributed by atoms with van der Waals surface area (Å²) >= 11 is 2.90. The predicted molar refractivity (Wildman–Crippen MR) is 73.0 cm³/mol. The smallest absolute Gasteiger partial charge is 0.381 e. The Hall–Kier alpha value is -1.50. The molecule has 0 spiro atoms. The third kappa shape index (κ3) is 2.82. The van der Waals surface area contributed by atoms with Crippen LogP contribution in [-0.2, 0) is 12.6 Å². The molecule has 0 unspecified atom stereocenters. The molecule has 0 saturated carbocycles. The van der Waals surface area contributed by atoms with Crippen LogP contribution in [0.5, 0.6) is 0 Å². The minimum Gasteiger partial charge on any atom is -0.381 e. The second-order valence-corrected chi connectivity index (χ2v) is 5.17. The van der Waals surface area contributed by atoms with Crippen LogP contribution >= 0.6 is 15.9 Å². The standard InChI is InChI=1S/C13H12BrF3N2O/c1-2-3-8-11(20-19-12(8)18)7-4-5-10(14)9(6-7)13(15,16)17/h4-6H,2-3H2,1H3,(H2,18,19). The molecule has 108 valence electrons. The van der Waals surface area contributed by atoms with Gasteiger partial charge in [0, 0.05) is 15.6 Å². The van der Waals surface area contributed by atoms with Crippen LogP contribution in [0, 0.1) is 0 Å². The highest BCUT2D eigenvalue weighted by Crippen LogP contribution is 2.38. The van der Waals surface area contributed by atoms with Crippen molar-refractivity contribution in [2.24, 2.45) is 0 Å². The number of aromatic nitrogens is 1. The Labute approximate surface area is 122 Å². The maximum Gasteiger partial charge on any atom is 0.417 e. The van der Waals surface area contributed by atoms with E-state index in [0.717, 1.165) is 12.5 Å². The topological polar surface area (TPSA) is 52.0 Å². The minimum atomic E-state index is -4.44. The first-order valence-corrected chi connectivity index (χ1v) is 6.75. The van der Waals surface area contributed by atoms with Gasteiger partial charge in [0.2, 0.25) is 0 Å². The quantitative estimate of drug-likeness (QED) is 0.877. The summed E-state index contributed by atoms with van der Waals surface area (Å²) in [6.07, 6.45) is -3.05. The number of rotatable bonds is 3. The van der Waals surface area contributed by atoms with Gasteiger partial charge in [0.15, 0.2) is 11.6 Å². The first-order chi connectivity index (χ1) is 9.34. The second-order valence-electron chi connectivity index (χ2n) is 4.32. The second kappa shape index (κ2) is 5.47. The molecule has 2 aromatic rings. The number of hydrogen-bond acceptors (Lipinski definition) is 3. The summed E-state index contributed by atoms with van der Waals surface area (Å²) in [6, 6.07) is 3.91. The normalized spacial score (nSPS) is 11.8. The molecule has 2 N–H and O–H groups in total. The van der Waals surface area contributed by atoms with Gasteiger partial charge in [-0.2, -0.15) is 13.2 Å². The molecule has 1 heterocycles. The molecule has 0 fully saturated rings. The number of benzene rings is 1. The molecule has 3 nitrogen and oxygen atoms in total. The fraction of sp³-hybridized carbons (Fsp3) is 0.308. The molecule has 0 amide bonds. The third-order valence-electron chi connectivity index (χ3n) is 2.85. The van der Waals surface area contributed by atoms with Crippen molar-refractivity contribution in [1.29, 1.82) is 0 Å². The third-order valence-corrected chi connectivity index (χ3v) is 3.54. The molecule has 0 bridgehead atoms. The lowest BCUT2D eigenvalue weighted by atomic mass is 10.0. The van der Waals surface area contributed by atoms with Crippen LogP contribution in [0.4, 0.5) is 19.0 Å².